The van der Waals surface area contributed by atoms with E-state index in [1.54, 1.807) is 13.8 Å². The standard InChI is InChI=1S/C8H19ClN2O3S/c1-7(2)11(3)15(12,13)10-5-8(9)6-14-4/h7-8,10H,5-6H2,1-4H3. The molecule has 5 nitrogen and oxygen atoms in total. The van der Waals surface area contributed by atoms with Crippen molar-refractivity contribution in [2.24, 2.45) is 0 Å². The monoisotopic (exact) mass is 258 g/mol. The molecule has 0 bridgehead atoms. The number of hydrogen-bond acceptors (Lipinski definition) is 3. The van der Waals surface area contributed by atoms with E-state index in [0.29, 0.717) is 6.61 Å². The lowest BCUT2D eigenvalue weighted by molar-refractivity contribution is 0.198. The van der Waals surface area contributed by atoms with Crippen LogP contribution in [0.25, 0.3) is 0 Å². The van der Waals surface area contributed by atoms with Crippen LogP contribution in [0.5, 0.6) is 0 Å². The molecule has 0 aliphatic heterocycles. The minimum absolute atomic E-state index is 0.0845. The third kappa shape index (κ3) is 5.67. The second-order valence-electron chi connectivity index (χ2n) is 3.52. The molecule has 1 atom stereocenters. The van der Waals surface area contributed by atoms with E-state index in [0.717, 1.165) is 0 Å². The van der Waals surface area contributed by atoms with Gasteiger partial charge >= 0.3 is 0 Å². The van der Waals surface area contributed by atoms with Crippen molar-refractivity contribution in [2.75, 3.05) is 27.3 Å². The summed E-state index contributed by atoms with van der Waals surface area (Å²) in [7, 11) is -0.391. The molecule has 1 N–H and O–H groups in total. The van der Waals surface area contributed by atoms with Crippen LogP contribution in [0, 0.1) is 0 Å². The van der Waals surface area contributed by atoms with Crippen molar-refractivity contribution in [3.05, 3.63) is 0 Å². The Morgan fingerprint density at radius 3 is 2.40 bits per heavy atom. The van der Waals surface area contributed by atoms with E-state index in [4.69, 9.17) is 16.3 Å². The fourth-order valence-corrected chi connectivity index (χ4v) is 2.28. The highest BCUT2D eigenvalue weighted by atomic mass is 35.5. The molecule has 1 unspecified atom stereocenters. The largest absolute Gasteiger partial charge is 0.383 e. The van der Waals surface area contributed by atoms with Gasteiger partial charge in [-0.05, 0) is 13.8 Å². The van der Waals surface area contributed by atoms with Crippen LogP contribution in [-0.2, 0) is 14.9 Å². The Bertz CT molecular complexity index is 269. The smallest absolute Gasteiger partial charge is 0.279 e. The predicted octanol–water partition coefficient (Wildman–Crippen LogP) is 0.415. The zero-order valence-electron chi connectivity index (χ0n) is 9.53. The van der Waals surface area contributed by atoms with E-state index in [1.165, 1.54) is 18.5 Å². The Morgan fingerprint density at radius 2 is 2.00 bits per heavy atom. The number of hydrogen-bond donors (Lipinski definition) is 1. The first-order chi connectivity index (χ1) is 6.81. The molecule has 0 heterocycles. The zero-order valence-corrected chi connectivity index (χ0v) is 11.1. The first kappa shape index (κ1) is 15.1. The summed E-state index contributed by atoms with van der Waals surface area (Å²) >= 11 is 5.80. The molecule has 0 aliphatic rings. The lowest BCUT2D eigenvalue weighted by Gasteiger charge is -2.21. The van der Waals surface area contributed by atoms with Gasteiger partial charge in [-0.15, -0.1) is 11.6 Å². The van der Waals surface area contributed by atoms with Gasteiger partial charge in [0.1, 0.15) is 0 Å². The predicted molar refractivity (Wildman–Crippen MR) is 61.3 cm³/mol. The number of alkyl halides is 1. The second kappa shape index (κ2) is 6.65. The van der Waals surface area contributed by atoms with Crippen LogP contribution in [0.4, 0.5) is 0 Å². The van der Waals surface area contributed by atoms with E-state index in [1.807, 2.05) is 0 Å². The topological polar surface area (TPSA) is 58.6 Å². The molecule has 92 valence electrons. The maximum absolute atomic E-state index is 11.6. The Hall–Kier alpha value is 0.120. The van der Waals surface area contributed by atoms with E-state index >= 15 is 0 Å². The Morgan fingerprint density at radius 1 is 1.47 bits per heavy atom. The molecular formula is C8H19ClN2O3S. The molecule has 0 rings (SSSR count). The molecule has 0 saturated heterocycles. The Kier molecular flexibility index (Phi) is 6.70. The molecule has 15 heavy (non-hydrogen) atoms. The van der Waals surface area contributed by atoms with Crippen molar-refractivity contribution in [3.63, 3.8) is 0 Å². The summed E-state index contributed by atoms with van der Waals surface area (Å²) in [6.07, 6.45) is 0. The van der Waals surface area contributed by atoms with E-state index < -0.39 is 10.2 Å². The van der Waals surface area contributed by atoms with Gasteiger partial charge in [0.05, 0.1) is 12.0 Å². The van der Waals surface area contributed by atoms with E-state index in [9.17, 15) is 8.42 Å². The van der Waals surface area contributed by atoms with Crippen molar-refractivity contribution < 1.29 is 13.2 Å². The quantitative estimate of drug-likeness (QED) is 0.673. The summed E-state index contributed by atoms with van der Waals surface area (Å²) in [4.78, 5) is 0. The van der Waals surface area contributed by atoms with Gasteiger partial charge in [-0.2, -0.15) is 12.7 Å². The lowest BCUT2D eigenvalue weighted by atomic mass is 10.4. The molecule has 0 radical (unpaired) electrons. The van der Waals surface area contributed by atoms with Gasteiger partial charge in [0, 0.05) is 26.7 Å². The van der Waals surface area contributed by atoms with Crippen LogP contribution in [0.1, 0.15) is 13.8 Å². The van der Waals surface area contributed by atoms with E-state index in [2.05, 4.69) is 4.72 Å². The second-order valence-corrected chi connectivity index (χ2v) is 5.95. The number of methoxy groups -OCH3 is 1. The highest BCUT2D eigenvalue weighted by Crippen LogP contribution is 2.02. The average Bonchev–Trinajstić information content (AvgIpc) is 2.14. The van der Waals surface area contributed by atoms with Gasteiger partial charge in [-0.3, -0.25) is 0 Å². The molecular weight excluding hydrogens is 240 g/mol. The minimum atomic E-state index is -3.43. The average molecular weight is 259 g/mol. The molecule has 0 aliphatic carbocycles. The van der Waals surface area contributed by atoms with Crippen LogP contribution in [-0.4, -0.2) is 51.5 Å². The van der Waals surface area contributed by atoms with Crippen molar-refractivity contribution in [2.45, 2.75) is 25.3 Å². The van der Waals surface area contributed by atoms with Gasteiger partial charge in [-0.25, -0.2) is 4.72 Å². The van der Waals surface area contributed by atoms with Crippen LogP contribution < -0.4 is 4.72 Å². The third-order valence-corrected chi connectivity index (χ3v) is 3.93. The Balaban J connectivity index is 4.16. The fourth-order valence-electron chi connectivity index (χ4n) is 0.815. The number of nitrogens with zero attached hydrogens (tertiary/aromatic N) is 1. The lowest BCUT2D eigenvalue weighted by Crippen LogP contribution is -2.44. The molecule has 0 spiro atoms. The Labute approximate surface area is 96.9 Å². The summed E-state index contributed by atoms with van der Waals surface area (Å²) in [6, 6.07) is -0.0845. The van der Waals surface area contributed by atoms with Gasteiger partial charge in [-0.1, -0.05) is 0 Å². The maximum Gasteiger partial charge on any atom is 0.279 e. The van der Waals surface area contributed by atoms with Gasteiger partial charge < -0.3 is 4.74 Å². The molecule has 0 aromatic heterocycles. The molecule has 0 aromatic rings. The zero-order chi connectivity index (χ0) is 12.1. The van der Waals surface area contributed by atoms with Crippen LogP contribution in [0.3, 0.4) is 0 Å². The van der Waals surface area contributed by atoms with Crippen molar-refractivity contribution >= 4 is 21.8 Å². The third-order valence-electron chi connectivity index (χ3n) is 1.94. The number of nitrogens with one attached hydrogen (secondary N) is 1. The summed E-state index contributed by atoms with van der Waals surface area (Å²) in [5.74, 6) is 0. The molecule has 0 saturated carbocycles. The van der Waals surface area contributed by atoms with Gasteiger partial charge in [0.2, 0.25) is 0 Å². The SMILES string of the molecule is COCC(Cl)CNS(=O)(=O)N(C)C(C)C. The highest BCUT2D eigenvalue weighted by Gasteiger charge is 2.20. The van der Waals surface area contributed by atoms with Crippen LogP contribution >= 0.6 is 11.6 Å². The van der Waals surface area contributed by atoms with Crippen molar-refractivity contribution in [3.8, 4) is 0 Å². The highest BCUT2D eigenvalue weighted by molar-refractivity contribution is 7.87. The summed E-state index contributed by atoms with van der Waals surface area (Å²) in [5, 5.41) is -0.356. The molecule has 0 fully saturated rings. The minimum Gasteiger partial charge on any atom is -0.383 e. The van der Waals surface area contributed by atoms with Crippen molar-refractivity contribution in [1.29, 1.82) is 0 Å². The van der Waals surface area contributed by atoms with Crippen LogP contribution in [0.15, 0.2) is 0 Å². The summed E-state index contributed by atoms with van der Waals surface area (Å²) in [5.41, 5.74) is 0. The fraction of sp³-hybridized carbons (Fsp3) is 1.00. The van der Waals surface area contributed by atoms with E-state index in [-0.39, 0.29) is 18.0 Å². The molecule has 0 aromatic carbocycles. The van der Waals surface area contributed by atoms with Gasteiger partial charge in [0.25, 0.3) is 10.2 Å². The van der Waals surface area contributed by atoms with Crippen molar-refractivity contribution in [1.82, 2.24) is 9.03 Å². The normalized spacial score (nSPS) is 14.9. The molecule has 0 amide bonds. The summed E-state index contributed by atoms with van der Waals surface area (Å²) < 4.78 is 31.7. The first-order valence-electron chi connectivity index (χ1n) is 4.67. The number of halogens is 1. The first-order valence-corrected chi connectivity index (χ1v) is 6.54. The maximum atomic E-state index is 11.6. The van der Waals surface area contributed by atoms with Crippen LogP contribution in [0.2, 0.25) is 0 Å². The summed E-state index contributed by atoms with van der Waals surface area (Å²) in [6.45, 7) is 4.07. The van der Waals surface area contributed by atoms with Gasteiger partial charge in [0.15, 0.2) is 0 Å². The number of ether oxygens (including phenoxy) is 1. The number of rotatable bonds is 7. The molecule has 7 heteroatoms.